The molecule has 0 saturated heterocycles. The van der Waals surface area contributed by atoms with Gasteiger partial charge in [-0.3, -0.25) is 9.79 Å². The summed E-state index contributed by atoms with van der Waals surface area (Å²) in [6.07, 6.45) is 3.53. The zero-order valence-corrected chi connectivity index (χ0v) is 15.9. The third kappa shape index (κ3) is 4.04. The van der Waals surface area contributed by atoms with Crippen LogP contribution in [-0.4, -0.2) is 16.6 Å². The Balaban J connectivity index is 2.05. The van der Waals surface area contributed by atoms with Crippen LogP contribution in [0.2, 0.25) is 0 Å². The molecule has 2 aromatic rings. The topological polar surface area (TPSA) is 49.7 Å². The summed E-state index contributed by atoms with van der Waals surface area (Å²) in [5, 5.41) is 12.8. The average Bonchev–Trinajstić information content (AvgIpc) is 2.58. The van der Waals surface area contributed by atoms with Crippen LogP contribution in [0.3, 0.4) is 0 Å². The Hall–Kier alpha value is -2.42. The summed E-state index contributed by atoms with van der Waals surface area (Å²) in [7, 11) is 0. The van der Waals surface area contributed by atoms with Crippen molar-refractivity contribution >= 4 is 28.0 Å². The van der Waals surface area contributed by atoms with Crippen LogP contribution >= 0.6 is 0 Å². The molecule has 0 aromatic heterocycles. The molecule has 0 radical (unpaired) electrons. The summed E-state index contributed by atoms with van der Waals surface area (Å²) >= 11 is 0. The van der Waals surface area contributed by atoms with Crippen LogP contribution in [0.25, 0.3) is 10.8 Å². The number of unbranched alkanes of at least 4 members (excludes halogenated alkanes) is 1. The number of aliphatic imine (C=N–C) groups is 1. The molecular weight excluding hydrogens is 322 g/mol. The van der Waals surface area contributed by atoms with Gasteiger partial charge in [-0.05, 0) is 41.2 Å². The molecule has 3 heteroatoms. The molecule has 0 atom stereocenters. The Morgan fingerprint density at radius 2 is 1.85 bits per heavy atom. The molecule has 0 spiro atoms. The molecule has 1 N–H and O–H groups in total. The van der Waals surface area contributed by atoms with E-state index in [4.69, 9.17) is 4.99 Å². The van der Waals surface area contributed by atoms with Gasteiger partial charge < -0.3 is 5.11 Å². The fraction of sp³-hybridized carbons (Fsp3) is 0.391. The van der Waals surface area contributed by atoms with E-state index >= 15 is 0 Å². The van der Waals surface area contributed by atoms with Crippen molar-refractivity contribution in [1.82, 2.24) is 0 Å². The highest BCUT2D eigenvalue weighted by Gasteiger charge is 2.36. The van der Waals surface area contributed by atoms with Crippen LogP contribution in [0.1, 0.15) is 52.9 Å². The lowest BCUT2D eigenvalue weighted by molar-refractivity contribution is -0.117. The first kappa shape index (κ1) is 18.4. The van der Waals surface area contributed by atoms with Crippen LogP contribution < -0.4 is 0 Å². The lowest BCUT2D eigenvalue weighted by atomic mass is 9.73. The van der Waals surface area contributed by atoms with E-state index in [1.165, 1.54) is 0 Å². The maximum absolute atomic E-state index is 12.7. The highest BCUT2D eigenvalue weighted by Crippen LogP contribution is 2.37. The van der Waals surface area contributed by atoms with E-state index in [0.717, 1.165) is 35.0 Å². The normalized spacial score (nSPS) is 20.6. The standard InChI is InChI=1S/C23H27NO2/c1-4-5-10-20(25)22-19(14-23(2,3)15-21(22)26)24-18-12-11-16-8-6-7-9-17(16)13-18/h6-9,11-13,25H,4-5,10,14-15H2,1-3H3. The number of carbonyl (C=O) groups is 1. The predicted molar refractivity (Wildman–Crippen MR) is 108 cm³/mol. The molecule has 1 saturated carbocycles. The smallest absolute Gasteiger partial charge is 0.168 e. The highest BCUT2D eigenvalue weighted by molar-refractivity contribution is 6.25. The van der Waals surface area contributed by atoms with Gasteiger partial charge in [0, 0.05) is 12.8 Å². The van der Waals surface area contributed by atoms with Gasteiger partial charge in [0.05, 0.1) is 17.0 Å². The molecule has 0 aliphatic heterocycles. The first-order chi connectivity index (χ1) is 12.4. The molecule has 136 valence electrons. The number of fused-ring (bicyclic) bond motifs is 1. The van der Waals surface area contributed by atoms with E-state index in [2.05, 4.69) is 32.9 Å². The second-order valence-electron chi connectivity index (χ2n) is 7.96. The van der Waals surface area contributed by atoms with Gasteiger partial charge in [0.15, 0.2) is 5.78 Å². The number of carbonyl (C=O) groups excluding carboxylic acids is 1. The quantitative estimate of drug-likeness (QED) is 0.520. The number of nitrogens with zero attached hydrogens (tertiary/aromatic N) is 1. The number of ketones is 1. The molecule has 0 amide bonds. The van der Waals surface area contributed by atoms with E-state index in [9.17, 15) is 9.90 Å². The number of benzene rings is 2. The van der Waals surface area contributed by atoms with E-state index < -0.39 is 0 Å². The third-order valence-electron chi connectivity index (χ3n) is 4.91. The monoisotopic (exact) mass is 349 g/mol. The van der Waals surface area contributed by atoms with Gasteiger partial charge in [-0.25, -0.2) is 0 Å². The first-order valence-corrected chi connectivity index (χ1v) is 9.42. The largest absolute Gasteiger partial charge is 0.511 e. The number of aliphatic hydroxyl groups excluding tert-OH is 1. The fourth-order valence-corrected chi connectivity index (χ4v) is 3.58. The van der Waals surface area contributed by atoms with Gasteiger partial charge in [0.1, 0.15) is 5.76 Å². The Bertz CT molecular complexity index is 890. The maximum atomic E-state index is 12.7. The molecule has 2 aromatic carbocycles. The molecule has 3 rings (SSSR count). The SMILES string of the molecule is CCCCC(O)=C1C(=O)CC(C)(C)CC1=Nc1ccc2ccccc2c1. The summed E-state index contributed by atoms with van der Waals surface area (Å²) in [4.78, 5) is 17.5. The lowest BCUT2D eigenvalue weighted by Crippen LogP contribution is -2.32. The molecule has 1 aliphatic carbocycles. The van der Waals surface area contributed by atoms with Gasteiger partial charge >= 0.3 is 0 Å². The second-order valence-corrected chi connectivity index (χ2v) is 7.96. The number of hydrogen-bond donors (Lipinski definition) is 1. The van der Waals surface area contributed by atoms with Crippen molar-refractivity contribution in [3.63, 3.8) is 0 Å². The van der Waals surface area contributed by atoms with E-state index in [1.807, 2.05) is 30.3 Å². The summed E-state index contributed by atoms with van der Waals surface area (Å²) in [5.74, 6) is 0.210. The van der Waals surface area contributed by atoms with Crippen molar-refractivity contribution in [2.75, 3.05) is 0 Å². The van der Waals surface area contributed by atoms with E-state index in [0.29, 0.717) is 24.8 Å². The summed E-state index contributed by atoms with van der Waals surface area (Å²) < 4.78 is 0. The molecule has 0 unspecified atom stereocenters. The lowest BCUT2D eigenvalue weighted by Gasteiger charge is -2.31. The number of Topliss-reactive ketones (excluding diaryl/α,β-unsaturated/α-hetero) is 1. The first-order valence-electron chi connectivity index (χ1n) is 9.42. The Morgan fingerprint density at radius 1 is 1.12 bits per heavy atom. The summed E-state index contributed by atoms with van der Waals surface area (Å²) in [6.45, 7) is 6.25. The minimum atomic E-state index is -0.138. The van der Waals surface area contributed by atoms with E-state index in [1.54, 1.807) is 0 Å². The van der Waals surface area contributed by atoms with E-state index in [-0.39, 0.29) is 17.0 Å². The van der Waals surface area contributed by atoms with Gasteiger partial charge in [-0.15, -0.1) is 0 Å². The van der Waals surface area contributed by atoms with Crippen LogP contribution in [0.5, 0.6) is 0 Å². The molecular formula is C23H27NO2. The summed E-state index contributed by atoms with van der Waals surface area (Å²) in [5.41, 5.74) is 1.85. The van der Waals surface area contributed by atoms with Gasteiger partial charge in [-0.2, -0.15) is 0 Å². The predicted octanol–water partition coefficient (Wildman–Crippen LogP) is 6.30. The Labute approximate surface area is 155 Å². The minimum absolute atomic E-state index is 0.00870. The van der Waals surface area contributed by atoms with Gasteiger partial charge in [-0.1, -0.05) is 57.5 Å². The fourth-order valence-electron chi connectivity index (χ4n) is 3.58. The van der Waals surface area contributed by atoms with Crippen LogP contribution in [0, 0.1) is 5.41 Å². The molecule has 0 bridgehead atoms. The molecule has 1 fully saturated rings. The van der Waals surface area contributed by atoms with Crippen molar-refractivity contribution < 1.29 is 9.90 Å². The Morgan fingerprint density at radius 3 is 2.58 bits per heavy atom. The summed E-state index contributed by atoms with van der Waals surface area (Å²) in [6, 6.07) is 14.2. The van der Waals surface area contributed by atoms with Crippen LogP contribution in [0.4, 0.5) is 5.69 Å². The molecule has 0 heterocycles. The van der Waals surface area contributed by atoms with Crippen LogP contribution in [0.15, 0.2) is 58.8 Å². The van der Waals surface area contributed by atoms with Crippen molar-refractivity contribution in [3.05, 3.63) is 53.8 Å². The van der Waals surface area contributed by atoms with Crippen molar-refractivity contribution in [3.8, 4) is 0 Å². The molecule has 3 nitrogen and oxygen atoms in total. The number of rotatable bonds is 4. The Kier molecular flexibility index (Phi) is 5.26. The zero-order valence-electron chi connectivity index (χ0n) is 15.9. The van der Waals surface area contributed by atoms with Gasteiger partial charge in [0.25, 0.3) is 0 Å². The third-order valence-corrected chi connectivity index (χ3v) is 4.91. The molecule has 1 aliphatic rings. The zero-order chi connectivity index (χ0) is 18.7. The number of hydrogen-bond acceptors (Lipinski definition) is 3. The van der Waals surface area contributed by atoms with Gasteiger partial charge in [0.2, 0.25) is 0 Å². The number of aliphatic hydroxyl groups is 1. The van der Waals surface area contributed by atoms with Crippen molar-refractivity contribution in [2.45, 2.75) is 52.9 Å². The van der Waals surface area contributed by atoms with Crippen LogP contribution in [-0.2, 0) is 4.79 Å². The number of allylic oxidation sites excluding steroid dienone is 2. The van der Waals surface area contributed by atoms with Crippen molar-refractivity contribution in [2.24, 2.45) is 10.4 Å². The maximum Gasteiger partial charge on any atom is 0.168 e. The second kappa shape index (κ2) is 7.45. The average molecular weight is 349 g/mol. The highest BCUT2D eigenvalue weighted by atomic mass is 16.3. The van der Waals surface area contributed by atoms with Crippen molar-refractivity contribution in [1.29, 1.82) is 0 Å². The minimum Gasteiger partial charge on any atom is -0.511 e. The molecule has 26 heavy (non-hydrogen) atoms.